The Kier molecular flexibility index (Phi) is 9.62. The second kappa shape index (κ2) is 12.0. The van der Waals surface area contributed by atoms with Gasteiger partial charge >= 0.3 is 12.1 Å². The number of benzene rings is 1. The van der Waals surface area contributed by atoms with Crippen molar-refractivity contribution in [1.82, 2.24) is 5.32 Å². The minimum Gasteiger partial charge on any atom is -0.480 e. The Bertz CT molecular complexity index is 733. The number of carboxylic acids is 1. The molecule has 8 heteroatoms. The average Bonchev–Trinajstić information content (AvgIpc) is 2.66. The molecule has 2 amide bonds. The molecule has 144 valence electrons. The summed E-state index contributed by atoms with van der Waals surface area (Å²) in [6.07, 6.45) is 4.55. The molecular formula is C19H24N3O5+. The molecule has 0 fully saturated rings. The summed E-state index contributed by atoms with van der Waals surface area (Å²) in [5.41, 5.74) is 6.53. The molecule has 8 nitrogen and oxygen atoms in total. The van der Waals surface area contributed by atoms with Gasteiger partial charge in [0.25, 0.3) is 12.6 Å². The molecule has 0 unspecified atom stereocenters. The summed E-state index contributed by atoms with van der Waals surface area (Å²) >= 11 is 0. The highest BCUT2D eigenvalue weighted by molar-refractivity contribution is 5.95. The van der Waals surface area contributed by atoms with Gasteiger partial charge in [-0.15, -0.1) is 0 Å². The normalized spacial score (nSPS) is 9.52. The Morgan fingerprint density at radius 3 is 2.26 bits per heavy atom. The molecule has 27 heavy (non-hydrogen) atoms. The fraction of sp³-hybridized carbons (Fsp3) is 0.263. The van der Waals surface area contributed by atoms with Crippen LogP contribution in [0.25, 0.3) is 0 Å². The quantitative estimate of drug-likeness (QED) is 0.634. The second-order valence-electron chi connectivity index (χ2n) is 5.51. The van der Waals surface area contributed by atoms with Gasteiger partial charge in [0, 0.05) is 12.1 Å². The van der Waals surface area contributed by atoms with E-state index < -0.39 is 24.5 Å². The topological polar surface area (TPSA) is 123 Å². The third-order valence-electron chi connectivity index (χ3n) is 3.29. The third-order valence-corrected chi connectivity index (χ3v) is 3.29. The van der Waals surface area contributed by atoms with E-state index in [4.69, 9.17) is 10.8 Å². The van der Waals surface area contributed by atoms with Crippen molar-refractivity contribution in [2.24, 2.45) is 5.73 Å². The number of pyridine rings is 1. The second-order valence-corrected chi connectivity index (χ2v) is 5.51. The summed E-state index contributed by atoms with van der Waals surface area (Å²) in [5.74, 6) is -1.62. The van der Waals surface area contributed by atoms with Crippen LogP contribution in [0.1, 0.15) is 29.3 Å². The lowest BCUT2D eigenvalue weighted by atomic mass is 10.1. The van der Waals surface area contributed by atoms with E-state index in [1.807, 2.05) is 0 Å². The van der Waals surface area contributed by atoms with Crippen LogP contribution < -0.4 is 15.6 Å². The van der Waals surface area contributed by atoms with Gasteiger partial charge in [0.1, 0.15) is 6.54 Å². The molecule has 2 aromatic rings. The maximum absolute atomic E-state index is 11.4. The largest absolute Gasteiger partial charge is 0.480 e. The van der Waals surface area contributed by atoms with E-state index in [0.717, 1.165) is 0 Å². The van der Waals surface area contributed by atoms with Crippen molar-refractivity contribution >= 4 is 18.0 Å². The molecule has 1 heterocycles. The third kappa shape index (κ3) is 9.59. The molecule has 0 spiro atoms. The Morgan fingerprint density at radius 2 is 1.74 bits per heavy atom. The minimum absolute atomic E-state index is 0.0631. The fourth-order valence-electron chi connectivity index (χ4n) is 2.02. The molecule has 2 rings (SSSR count). The lowest BCUT2D eigenvalue weighted by Crippen LogP contribution is -2.37. The Morgan fingerprint density at radius 1 is 1.11 bits per heavy atom. The monoisotopic (exact) mass is 374 g/mol. The highest BCUT2D eigenvalue weighted by Gasteiger charge is 2.09. The van der Waals surface area contributed by atoms with E-state index in [0.29, 0.717) is 5.56 Å². The molecule has 0 bridgehead atoms. The number of aryl methyl sites for hydroxylation is 1. The van der Waals surface area contributed by atoms with Gasteiger partial charge in [-0.05, 0) is 12.0 Å². The predicted molar refractivity (Wildman–Crippen MR) is 97.7 cm³/mol. The first kappa shape index (κ1) is 21.6. The van der Waals surface area contributed by atoms with Crippen LogP contribution in [-0.4, -0.2) is 29.6 Å². The van der Waals surface area contributed by atoms with E-state index in [2.05, 4.69) is 47.3 Å². The number of ether oxygens (including phenoxy) is 1. The van der Waals surface area contributed by atoms with E-state index in [9.17, 15) is 14.4 Å². The number of hydrogen-bond acceptors (Lipinski definition) is 4. The molecule has 1 aromatic carbocycles. The highest BCUT2D eigenvalue weighted by atomic mass is 16.6. The van der Waals surface area contributed by atoms with Crippen LogP contribution in [0.15, 0.2) is 54.9 Å². The molecule has 0 saturated heterocycles. The van der Waals surface area contributed by atoms with Crippen molar-refractivity contribution in [2.75, 3.05) is 6.54 Å². The number of aromatic nitrogens is 1. The van der Waals surface area contributed by atoms with Crippen molar-refractivity contribution < 1.29 is 28.8 Å². The number of carbonyl (C=O) groups is 3. The zero-order valence-electron chi connectivity index (χ0n) is 15.1. The zero-order valence-corrected chi connectivity index (χ0v) is 15.1. The smallest absolute Gasteiger partial charge is 0.409 e. The van der Waals surface area contributed by atoms with E-state index in [1.54, 1.807) is 0 Å². The van der Waals surface area contributed by atoms with Gasteiger partial charge in [-0.1, -0.05) is 43.7 Å². The standard InChI is InChI=1S/C10H11N3O5.C9H12/c11-10(17)18-6-13-3-1-7(2-4-13)9(16)12-5-8(14)15;1-2-6-9-7-4-3-5-8-9/h1-4H,5-6H2,(H3-,11,12,14,15,16,17);3-5,7-8H,2,6H2,1H3/p+1. The molecule has 1 aromatic heterocycles. The molecular weight excluding hydrogens is 350 g/mol. The molecule has 0 aliphatic carbocycles. The van der Waals surface area contributed by atoms with Gasteiger partial charge in [0.05, 0.1) is 5.56 Å². The van der Waals surface area contributed by atoms with Crippen molar-refractivity contribution in [3.8, 4) is 0 Å². The number of aliphatic carboxylic acids is 1. The van der Waals surface area contributed by atoms with Crippen LogP contribution in [0.5, 0.6) is 0 Å². The number of primary amides is 1. The molecule has 0 saturated carbocycles. The fourth-order valence-corrected chi connectivity index (χ4v) is 2.02. The number of carboxylic acid groups (broad SMARTS) is 1. The van der Waals surface area contributed by atoms with Crippen LogP contribution in [-0.2, 0) is 22.7 Å². The number of hydrogen-bond donors (Lipinski definition) is 3. The van der Waals surface area contributed by atoms with Crippen molar-refractivity contribution in [3.63, 3.8) is 0 Å². The van der Waals surface area contributed by atoms with Crippen molar-refractivity contribution in [2.45, 2.75) is 26.5 Å². The van der Waals surface area contributed by atoms with E-state index in [1.165, 1.54) is 47.5 Å². The van der Waals surface area contributed by atoms with Crippen LogP contribution in [0.4, 0.5) is 4.79 Å². The molecule has 0 atom stereocenters. The predicted octanol–water partition coefficient (Wildman–Crippen LogP) is 1.48. The molecule has 4 N–H and O–H groups in total. The lowest BCUT2D eigenvalue weighted by Gasteiger charge is -2.01. The number of nitrogens with two attached hydrogens (primary N) is 1. The van der Waals surface area contributed by atoms with Crippen molar-refractivity contribution in [3.05, 3.63) is 66.0 Å². The molecule has 0 aliphatic heterocycles. The number of rotatable bonds is 7. The van der Waals surface area contributed by atoms with E-state index >= 15 is 0 Å². The summed E-state index contributed by atoms with van der Waals surface area (Å²) in [7, 11) is 0. The van der Waals surface area contributed by atoms with Crippen LogP contribution in [0.2, 0.25) is 0 Å². The van der Waals surface area contributed by atoms with Gasteiger partial charge in [-0.3, -0.25) is 9.59 Å². The maximum atomic E-state index is 11.4. The van der Waals surface area contributed by atoms with E-state index in [-0.39, 0.29) is 6.73 Å². The SMILES string of the molecule is CCCc1ccccc1.NC(=O)OC[n+]1ccc(C(=O)NCC(=O)O)cc1. The van der Waals surface area contributed by atoms with Gasteiger partial charge in [0.15, 0.2) is 12.4 Å². The van der Waals surface area contributed by atoms with Gasteiger partial charge in [-0.2, -0.15) is 4.57 Å². The first-order chi connectivity index (χ1) is 12.9. The Balaban J connectivity index is 0.000000337. The van der Waals surface area contributed by atoms with Gasteiger partial charge in [-0.25, -0.2) is 4.79 Å². The summed E-state index contributed by atoms with van der Waals surface area (Å²) in [4.78, 5) is 32.1. The summed E-state index contributed by atoms with van der Waals surface area (Å²) in [6.45, 7) is 1.69. The number of carbonyl (C=O) groups excluding carboxylic acids is 2. The number of nitrogens with zero attached hydrogens (tertiary/aromatic N) is 1. The van der Waals surface area contributed by atoms with Crippen LogP contribution >= 0.6 is 0 Å². The minimum atomic E-state index is -1.12. The van der Waals surface area contributed by atoms with Crippen molar-refractivity contribution in [1.29, 1.82) is 0 Å². The molecule has 0 aliphatic rings. The Labute approximate surface area is 157 Å². The maximum Gasteiger partial charge on any atom is 0.409 e. The van der Waals surface area contributed by atoms with Gasteiger partial charge in [0.2, 0.25) is 0 Å². The van der Waals surface area contributed by atoms with Crippen LogP contribution in [0, 0.1) is 0 Å². The highest BCUT2D eigenvalue weighted by Crippen LogP contribution is 2.00. The summed E-state index contributed by atoms with van der Waals surface area (Å²) in [6, 6.07) is 13.5. The average molecular weight is 374 g/mol. The first-order valence-corrected chi connectivity index (χ1v) is 8.37. The number of amides is 2. The van der Waals surface area contributed by atoms with Gasteiger partial charge < -0.3 is 20.9 Å². The summed E-state index contributed by atoms with van der Waals surface area (Å²) < 4.78 is 6.02. The zero-order chi connectivity index (χ0) is 20.1. The lowest BCUT2D eigenvalue weighted by molar-refractivity contribution is -0.727. The first-order valence-electron chi connectivity index (χ1n) is 8.37. The Hall–Kier alpha value is -3.42. The summed E-state index contributed by atoms with van der Waals surface area (Å²) in [5, 5.41) is 10.6. The number of nitrogens with one attached hydrogen (secondary N) is 1. The molecule has 0 radical (unpaired) electrons. The van der Waals surface area contributed by atoms with Crippen LogP contribution in [0.3, 0.4) is 0 Å².